The Morgan fingerprint density at radius 3 is 2.71 bits per heavy atom. The van der Waals surface area contributed by atoms with E-state index in [-0.39, 0.29) is 12.5 Å². The second-order valence-electron chi connectivity index (χ2n) is 5.36. The minimum atomic E-state index is -0.947. The van der Waals surface area contributed by atoms with Crippen molar-refractivity contribution in [1.82, 2.24) is 10.3 Å². The van der Waals surface area contributed by atoms with E-state index in [2.05, 4.69) is 15.6 Å². The lowest BCUT2D eigenvalue weighted by Crippen LogP contribution is -2.24. The summed E-state index contributed by atoms with van der Waals surface area (Å²) in [6.07, 6.45) is 4.50. The summed E-state index contributed by atoms with van der Waals surface area (Å²) in [6.45, 7) is 0.414. The Kier molecular flexibility index (Phi) is 6.76. The van der Waals surface area contributed by atoms with E-state index in [9.17, 15) is 9.59 Å². The summed E-state index contributed by atoms with van der Waals surface area (Å²) in [6, 6.07) is 12.7. The molecule has 24 heavy (non-hydrogen) atoms. The maximum Gasteiger partial charge on any atom is 0.322 e. The van der Waals surface area contributed by atoms with Crippen molar-refractivity contribution in [2.24, 2.45) is 0 Å². The van der Waals surface area contributed by atoms with Gasteiger partial charge in [0.2, 0.25) is 0 Å². The maximum absolute atomic E-state index is 12.1. The van der Waals surface area contributed by atoms with Gasteiger partial charge in [-0.05, 0) is 49.6 Å². The molecule has 0 fully saturated rings. The fraction of sp³-hybridized carbons (Fsp3) is 0.278. The maximum atomic E-state index is 12.1. The minimum absolute atomic E-state index is 0.160. The number of unbranched alkanes of at least 4 members (excludes halogenated alkanes) is 1. The SMILES string of the molecule is O=C(O)CNc1cccc(C(=O)NCCCCc2ccccn2)c1. The molecular weight excluding hydrogens is 306 g/mol. The van der Waals surface area contributed by atoms with Gasteiger partial charge in [-0.3, -0.25) is 14.6 Å². The third-order valence-electron chi connectivity index (χ3n) is 3.44. The molecule has 0 aliphatic rings. The van der Waals surface area contributed by atoms with Crippen molar-refractivity contribution in [2.75, 3.05) is 18.4 Å². The Labute approximate surface area is 140 Å². The number of carboxylic acid groups (broad SMARTS) is 1. The molecule has 3 N–H and O–H groups in total. The Morgan fingerprint density at radius 2 is 1.96 bits per heavy atom. The summed E-state index contributed by atoms with van der Waals surface area (Å²) in [5, 5.41) is 14.3. The molecule has 6 nitrogen and oxygen atoms in total. The highest BCUT2D eigenvalue weighted by molar-refractivity contribution is 5.95. The van der Waals surface area contributed by atoms with Gasteiger partial charge in [0, 0.05) is 29.7 Å². The largest absolute Gasteiger partial charge is 0.480 e. The molecule has 0 saturated heterocycles. The predicted octanol–water partition coefficient (Wildman–Crippen LogP) is 2.33. The zero-order valence-electron chi connectivity index (χ0n) is 13.4. The van der Waals surface area contributed by atoms with Gasteiger partial charge in [-0.1, -0.05) is 12.1 Å². The number of aromatic nitrogens is 1. The summed E-state index contributed by atoms with van der Waals surface area (Å²) >= 11 is 0. The number of benzene rings is 1. The first-order valence-electron chi connectivity index (χ1n) is 7.89. The van der Waals surface area contributed by atoms with Gasteiger partial charge in [0.05, 0.1) is 0 Å². The van der Waals surface area contributed by atoms with Crippen LogP contribution in [0.1, 0.15) is 28.9 Å². The van der Waals surface area contributed by atoms with Gasteiger partial charge < -0.3 is 15.7 Å². The quantitative estimate of drug-likeness (QED) is 0.615. The van der Waals surface area contributed by atoms with E-state index in [1.807, 2.05) is 18.2 Å². The molecule has 1 heterocycles. The highest BCUT2D eigenvalue weighted by Gasteiger charge is 2.06. The Morgan fingerprint density at radius 1 is 1.08 bits per heavy atom. The molecule has 2 rings (SSSR count). The molecule has 6 heteroatoms. The lowest BCUT2D eigenvalue weighted by atomic mass is 10.1. The predicted molar refractivity (Wildman–Crippen MR) is 92.1 cm³/mol. The van der Waals surface area contributed by atoms with Crippen LogP contribution in [0.15, 0.2) is 48.7 Å². The first kappa shape index (κ1) is 17.5. The van der Waals surface area contributed by atoms with Crippen molar-refractivity contribution in [3.8, 4) is 0 Å². The van der Waals surface area contributed by atoms with Crippen LogP contribution in [-0.4, -0.2) is 35.1 Å². The molecule has 126 valence electrons. The monoisotopic (exact) mass is 327 g/mol. The van der Waals surface area contributed by atoms with Crippen molar-refractivity contribution in [3.05, 3.63) is 59.9 Å². The van der Waals surface area contributed by atoms with E-state index in [1.165, 1.54) is 0 Å². The summed E-state index contributed by atoms with van der Waals surface area (Å²) in [7, 11) is 0. The van der Waals surface area contributed by atoms with E-state index in [1.54, 1.807) is 30.5 Å². The Hall–Kier alpha value is -2.89. The fourth-order valence-corrected chi connectivity index (χ4v) is 2.23. The number of rotatable bonds is 9. The van der Waals surface area contributed by atoms with Gasteiger partial charge in [-0.25, -0.2) is 0 Å². The summed E-state index contributed by atoms with van der Waals surface area (Å²) in [4.78, 5) is 26.9. The number of carbonyl (C=O) groups excluding carboxylic acids is 1. The van der Waals surface area contributed by atoms with Crippen molar-refractivity contribution >= 4 is 17.6 Å². The van der Waals surface area contributed by atoms with Gasteiger partial charge in [-0.15, -0.1) is 0 Å². The molecule has 0 saturated carbocycles. The summed E-state index contributed by atoms with van der Waals surface area (Å²) < 4.78 is 0. The van der Waals surface area contributed by atoms with E-state index in [0.717, 1.165) is 25.0 Å². The second kappa shape index (κ2) is 9.29. The van der Waals surface area contributed by atoms with Gasteiger partial charge in [0.15, 0.2) is 0 Å². The van der Waals surface area contributed by atoms with Crippen molar-refractivity contribution in [2.45, 2.75) is 19.3 Å². The fourth-order valence-electron chi connectivity index (χ4n) is 2.23. The van der Waals surface area contributed by atoms with Crippen LogP contribution in [0.4, 0.5) is 5.69 Å². The first-order chi connectivity index (χ1) is 11.6. The number of nitrogens with one attached hydrogen (secondary N) is 2. The average Bonchev–Trinajstić information content (AvgIpc) is 2.60. The van der Waals surface area contributed by atoms with Crippen molar-refractivity contribution < 1.29 is 14.7 Å². The summed E-state index contributed by atoms with van der Waals surface area (Å²) in [5.41, 5.74) is 2.18. The first-order valence-corrected chi connectivity index (χ1v) is 7.89. The van der Waals surface area contributed by atoms with E-state index in [0.29, 0.717) is 17.8 Å². The summed E-state index contributed by atoms with van der Waals surface area (Å²) in [5.74, 6) is -1.11. The van der Waals surface area contributed by atoms with E-state index < -0.39 is 5.97 Å². The normalized spacial score (nSPS) is 10.2. The van der Waals surface area contributed by atoms with E-state index in [4.69, 9.17) is 5.11 Å². The molecule has 1 aromatic heterocycles. The number of aryl methyl sites for hydroxylation is 1. The number of hydrogen-bond acceptors (Lipinski definition) is 4. The standard InChI is InChI=1S/C18H21N3O3/c22-17(23)13-21-16-9-5-6-14(12-16)18(24)20-11-4-2-8-15-7-1-3-10-19-15/h1,3,5-7,9-10,12,21H,2,4,8,11,13H2,(H,20,24)(H,22,23). The number of anilines is 1. The van der Waals surface area contributed by atoms with Crippen LogP contribution in [0.3, 0.4) is 0 Å². The van der Waals surface area contributed by atoms with Crippen LogP contribution in [0.25, 0.3) is 0 Å². The zero-order valence-corrected chi connectivity index (χ0v) is 13.4. The number of amides is 1. The van der Waals surface area contributed by atoms with Crippen LogP contribution in [0.2, 0.25) is 0 Å². The lowest BCUT2D eigenvalue weighted by molar-refractivity contribution is -0.134. The average molecular weight is 327 g/mol. The number of hydrogen-bond donors (Lipinski definition) is 3. The van der Waals surface area contributed by atoms with Crippen LogP contribution in [-0.2, 0) is 11.2 Å². The second-order valence-corrected chi connectivity index (χ2v) is 5.36. The number of carbonyl (C=O) groups is 2. The van der Waals surface area contributed by atoms with Crippen LogP contribution < -0.4 is 10.6 Å². The Bertz CT molecular complexity index is 674. The van der Waals surface area contributed by atoms with Gasteiger partial charge in [0.25, 0.3) is 5.91 Å². The van der Waals surface area contributed by atoms with Crippen molar-refractivity contribution in [3.63, 3.8) is 0 Å². The molecule has 0 unspecified atom stereocenters. The van der Waals surface area contributed by atoms with E-state index >= 15 is 0 Å². The molecule has 0 atom stereocenters. The molecule has 0 radical (unpaired) electrons. The third-order valence-corrected chi connectivity index (χ3v) is 3.44. The molecule has 1 aromatic carbocycles. The van der Waals surface area contributed by atoms with Gasteiger partial charge >= 0.3 is 5.97 Å². The van der Waals surface area contributed by atoms with Crippen LogP contribution in [0, 0.1) is 0 Å². The Balaban J connectivity index is 1.72. The third kappa shape index (κ3) is 6.08. The zero-order chi connectivity index (χ0) is 17.2. The minimum Gasteiger partial charge on any atom is -0.480 e. The smallest absolute Gasteiger partial charge is 0.322 e. The number of nitrogens with zero attached hydrogens (tertiary/aromatic N) is 1. The van der Waals surface area contributed by atoms with Crippen molar-refractivity contribution in [1.29, 1.82) is 0 Å². The number of carboxylic acids is 1. The van der Waals surface area contributed by atoms with Gasteiger partial charge in [-0.2, -0.15) is 0 Å². The highest BCUT2D eigenvalue weighted by Crippen LogP contribution is 2.10. The molecule has 2 aromatic rings. The number of pyridine rings is 1. The molecule has 0 aliphatic carbocycles. The van der Waals surface area contributed by atoms with Crippen LogP contribution >= 0.6 is 0 Å². The molecular formula is C18H21N3O3. The molecule has 0 aliphatic heterocycles. The van der Waals surface area contributed by atoms with Gasteiger partial charge in [0.1, 0.15) is 6.54 Å². The molecule has 1 amide bonds. The number of aliphatic carboxylic acids is 1. The van der Waals surface area contributed by atoms with Crippen LogP contribution in [0.5, 0.6) is 0 Å². The molecule has 0 spiro atoms. The highest BCUT2D eigenvalue weighted by atomic mass is 16.4. The lowest BCUT2D eigenvalue weighted by Gasteiger charge is -2.08. The molecule has 0 bridgehead atoms. The topological polar surface area (TPSA) is 91.3 Å².